The van der Waals surface area contributed by atoms with Gasteiger partial charge in [-0.2, -0.15) is 0 Å². The lowest BCUT2D eigenvalue weighted by atomic mass is 10.2. The molecule has 21 heavy (non-hydrogen) atoms. The molecule has 0 spiro atoms. The van der Waals surface area contributed by atoms with Gasteiger partial charge in [-0.1, -0.05) is 18.2 Å². The van der Waals surface area contributed by atoms with Crippen molar-refractivity contribution < 1.29 is 13.2 Å². The molecular weight excluding hydrogens is 356 g/mol. The van der Waals surface area contributed by atoms with Gasteiger partial charge in [0.15, 0.2) is 0 Å². The van der Waals surface area contributed by atoms with Gasteiger partial charge in [0.25, 0.3) is 10.0 Å². The molecule has 0 bridgehead atoms. The fourth-order valence-corrected chi connectivity index (χ4v) is 3.62. The predicted octanol–water partition coefficient (Wildman–Crippen LogP) is 2.72. The minimum atomic E-state index is -3.77. The van der Waals surface area contributed by atoms with E-state index in [1.54, 1.807) is 36.4 Å². The summed E-state index contributed by atoms with van der Waals surface area (Å²) >= 11 is 3.31. The highest BCUT2D eigenvalue weighted by Crippen LogP contribution is 2.29. The summed E-state index contributed by atoms with van der Waals surface area (Å²) < 4.78 is 33.4. The SMILES string of the molecule is COc1ccc(CN)cc1S(=O)(=O)Nc1ccccc1Br. The van der Waals surface area contributed by atoms with Crippen LogP contribution in [0.3, 0.4) is 0 Å². The molecule has 0 aliphatic heterocycles. The number of benzene rings is 2. The van der Waals surface area contributed by atoms with Crippen LogP contribution in [0, 0.1) is 0 Å². The van der Waals surface area contributed by atoms with Crippen LogP contribution in [0.5, 0.6) is 5.75 Å². The number of halogens is 1. The minimum Gasteiger partial charge on any atom is -0.495 e. The lowest BCUT2D eigenvalue weighted by molar-refractivity contribution is 0.402. The Bertz CT molecular complexity index is 748. The molecule has 0 aromatic heterocycles. The summed E-state index contributed by atoms with van der Waals surface area (Å²) in [6.07, 6.45) is 0. The molecule has 112 valence electrons. The van der Waals surface area contributed by atoms with Crippen molar-refractivity contribution in [2.45, 2.75) is 11.4 Å². The molecule has 0 aliphatic rings. The maximum atomic E-state index is 12.5. The van der Waals surface area contributed by atoms with E-state index in [9.17, 15) is 8.42 Å². The summed E-state index contributed by atoms with van der Waals surface area (Å²) in [5.74, 6) is 0.270. The standard InChI is InChI=1S/C14H15BrN2O3S/c1-20-13-7-6-10(9-16)8-14(13)21(18,19)17-12-5-3-2-4-11(12)15/h2-8,17H,9,16H2,1H3. The van der Waals surface area contributed by atoms with Crippen LogP contribution >= 0.6 is 15.9 Å². The summed E-state index contributed by atoms with van der Waals surface area (Å²) in [5, 5.41) is 0. The van der Waals surface area contributed by atoms with Crippen molar-refractivity contribution in [2.24, 2.45) is 5.73 Å². The lowest BCUT2D eigenvalue weighted by Crippen LogP contribution is -2.15. The van der Waals surface area contributed by atoms with Gasteiger partial charge in [-0.05, 0) is 45.8 Å². The summed E-state index contributed by atoms with van der Waals surface area (Å²) in [4.78, 5) is 0.0590. The summed E-state index contributed by atoms with van der Waals surface area (Å²) in [7, 11) is -2.35. The first-order chi connectivity index (χ1) is 9.97. The van der Waals surface area contributed by atoms with Crippen LogP contribution in [0.15, 0.2) is 51.8 Å². The number of nitrogens with one attached hydrogen (secondary N) is 1. The Morgan fingerprint density at radius 2 is 1.95 bits per heavy atom. The van der Waals surface area contributed by atoms with Crippen molar-refractivity contribution in [3.05, 3.63) is 52.5 Å². The average Bonchev–Trinajstić information content (AvgIpc) is 2.48. The van der Waals surface area contributed by atoms with Crippen LogP contribution < -0.4 is 15.2 Å². The predicted molar refractivity (Wildman–Crippen MR) is 85.8 cm³/mol. The van der Waals surface area contributed by atoms with Gasteiger partial charge in [-0.3, -0.25) is 4.72 Å². The number of sulfonamides is 1. The van der Waals surface area contributed by atoms with Gasteiger partial charge in [0.1, 0.15) is 10.6 Å². The molecule has 3 N–H and O–H groups in total. The van der Waals surface area contributed by atoms with Gasteiger partial charge in [-0.25, -0.2) is 8.42 Å². The van der Waals surface area contributed by atoms with E-state index >= 15 is 0 Å². The number of nitrogens with two attached hydrogens (primary N) is 1. The third kappa shape index (κ3) is 3.55. The van der Waals surface area contributed by atoms with Crippen molar-refractivity contribution in [1.82, 2.24) is 0 Å². The summed E-state index contributed by atoms with van der Waals surface area (Å²) in [6, 6.07) is 11.8. The number of hydrogen-bond acceptors (Lipinski definition) is 4. The van der Waals surface area contributed by atoms with Gasteiger partial charge in [0.2, 0.25) is 0 Å². The first-order valence-electron chi connectivity index (χ1n) is 6.12. The van der Waals surface area contributed by atoms with E-state index in [1.165, 1.54) is 13.2 Å². The van der Waals surface area contributed by atoms with E-state index in [0.717, 1.165) is 0 Å². The highest BCUT2D eigenvalue weighted by atomic mass is 79.9. The Morgan fingerprint density at radius 3 is 2.57 bits per heavy atom. The Kier molecular flexibility index (Phi) is 4.87. The maximum Gasteiger partial charge on any atom is 0.265 e. The first kappa shape index (κ1) is 15.8. The number of para-hydroxylation sites is 1. The van der Waals surface area contributed by atoms with Crippen molar-refractivity contribution in [1.29, 1.82) is 0 Å². The molecule has 5 nitrogen and oxygen atoms in total. The molecule has 0 aliphatic carbocycles. The molecule has 7 heteroatoms. The van der Waals surface area contributed by atoms with Crippen LogP contribution in [-0.2, 0) is 16.6 Å². The molecule has 2 rings (SSSR count). The molecule has 0 unspecified atom stereocenters. The van der Waals surface area contributed by atoms with E-state index in [0.29, 0.717) is 15.7 Å². The van der Waals surface area contributed by atoms with Crippen LogP contribution in [0.1, 0.15) is 5.56 Å². The van der Waals surface area contributed by atoms with E-state index in [1.807, 2.05) is 0 Å². The Morgan fingerprint density at radius 1 is 1.24 bits per heavy atom. The number of rotatable bonds is 5. The highest BCUT2D eigenvalue weighted by molar-refractivity contribution is 9.10. The zero-order chi connectivity index (χ0) is 15.5. The third-order valence-electron chi connectivity index (χ3n) is 2.87. The molecule has 0 saturated carbocycles. The second-order valence-electron chi connectivity index (χ2n) is 4.27. The second kappa shape index (κ2) is 6.46. The molecule has 0 heterocycles. The minimum absolute atomic E-state index is 0.0590. The Balaban J connectivity index is 2.46. The second-order valence-corrected chi connectivity index (χ2v) is 6.78. The smallest absolute Gasteiger partial charge is 0.265 e. The van der Waals surface area contributed by atoms with Gasteiger partial charge < -0.3 is 10.5 Å². The molecule has 0 atom stereocenters. The largest absolute Gasteiger partial charge is 0.495 e. The van der Waals surface area contributed by atoms with Crippen LogP contribution in [0.4, 0.5) is 5.69 Å². The zero-order valence-corrected chi connectivity index (χ0v) is 13.7. The first-order valence-corrected chi connectivity index (χ1v) is 8.40. The fourth-order valence-electron chi connectivity index (χ4n) is 1.80. The van der Waals surface area contributed by atoms with E-state index in [2.05, 4.69) is 20.7 Å². The van der Waals surface area contributed by atoms with Crippen LogP contribution in [0.2, 0.25) is 0 Å². The molecule has 0 amide bonds. The average molecular weight is 371 g/mol. The number of methoxy groups -OCH3 is 1. The molecule has 2 aromatic rings. The molecule has 0 saturated heterocycles. The van der Waals surface area contributed by atoms with Crippen LogP contribution in [0.25, 0.3) is 0 Å². The Labute approximate surface area is 132 Å². The maximum absolute atomic E-state index is 12.5. The van der Waals surface area contributed by atoms with Gasteiger partial charge in [0.05, 0.1) is 12.8 Å². The van der Waals surface area contributed by atoms with Crippen molar-refractivity contribution >= 4 is 31.6 Å². The van der Waals surface area contributed by atoms with E-state index in [4.69, 9.17) is 10.5 Å². The normalized spacial score (nSPS) is 11.2. The molecular formula is C14H15BrN2O3S. The number of ether oxygens (including phenoxy) is 1. The van der Waals surface area contributed by atoms with Gasteiger partial charge >= 0.3 is 0 Å². The molecule has 0 fully saturated rings. The fraction of sp³-hybridized carbons (Fsp3) is 0.143. The monoisotopic (exact) mass is 370 g/mol. The van der Waals surface area contributed by atoms with Crippen molar-refractivity contribution in [2.75, 3.05) is 11.8 Å². The molecule has 0 radical (unpaired) electrons. The van der Waals surface area contributed by atoms with E-state index < -0.39 is 10.0 Å². The lowest BCUT2D eigenvalue weighted by Gasteiger charge is -2.13. The molecule has 2 aromatic carbocycles. The third-order valence-corrected chi connectivity index (χ3v) is 4.95. The van der Waals surface area contributed by atoms with Crippen molar-refractivity contribution in [3.63, 3.8) is 0 Å². The summed E-state index contributed by atoms with van der Waals surface area (Å²) in [6.45, 7) is 0.252. The van der Waals surface area contributed by atoms with Gasteiger partial charge in [-0.15, -0.1) is 0 Å². The van der Waals surface area contributed by atoms with Crippen molar-refractivity contribution in [3.8, 4) is 5.75 Å². The highest BCUT2D eigenvalue weighted by Gasteiger charge is 2.21. The topological polar surface area (TPSA) is 81.4 Å². The van der Waals surface area contributed by atoms with Gasteiger partial charge in [0, 0.05) is 11.0 Å². The quantitative estimate of drug-likeness (QED) is 0.847. The van der Waals surface area contributed by atoms with Crippen LogP contribution in [-0.4, -0.2) is 15.5 Å². The Hall–Kier alpha value is -1.57. The summed E-state index contributed by atoms with van der Waals surface area (Å²) in [5.41, 5.74) is 6.73. The number of hydrogen-bond donors (Lipinski definition) is 2. The van der Waals surface area contributed by atoms with E-state index in [-0.39, 0.29) is 17.2 Å². The number of anilines is 1. The zero-order valence-electron chi connectivity index (χ0n) is 11.3.